The Labute approximate surface area is 252 Å². The van der Waals surface area contributed by atoms with Gasteiger partial charge in [-0.25, -0.2) is 9.59 Å². The molecule has 0 aromatic heterocycles. The van der Waals surface area contributed by atoms with E-state index in [0.717, 1.165) is 0 Å². The van der Waals surface area contributed by atoms with Crippen molar-refractivity contribution < 1.29 is 42.9 Å². The quantitative estimate of drug-likeness (QED) is 0.112. The Morgan fingerprint density at radius 1 is 0.907 bits per heavy atom. The van der Waals surface area contributed by atoms with Crippen molar-refractivity contribution in [1.82, 2.24) is 16.0 Å². The number of hydrogen-bond donors (Lipinski definition) is 3. The lowest BCUT2D eigenvalue weighted by atomic mass is 9.95. The highest BCUT2D eigenvalue weighted by Crippen LogP contribution is 2.31. The molecule has 0 aliphatic heterocycles. The molecule has 0 unspecified atom stereocenters. The number of allylic oxidation sites excluding steroid dienone is 2. The molecule has 236 valence electrons. The van der Waals surface area contributed by atoms with E-state index >= 15 is 0 Å². The predicted molar refractivity (Wildman–Crippen MR) is 160 cm³/mol. The second-order valence-electron chi connectivity index (χ2n) is 10.5. The van der Waals surface area contributed by atoms with Gasteiger partial charge in [0.2, 0.25) is 11.8 Å². The van der Waals surface area contributed by atoms with Crippen LogP contribution in [0.15, 0.2) is 50.1 Å². The van der Waals surface area contributed by atoms with Crippen molar-refractivity contribution in [3.63, 3.8) is 0 Å². The fraction of sp³-hybridized carbons (Fsp3) is 0.452. The van der Waals surface area contributed by atoms with Crippen LogP contribution in [0.3, 0.4) is 0 Å². The van der Waals surface area contributed by atoms with E-state index in [0.29, 0.717) is 35.3 Å². The molecule has 3 atom stereocenters. The molecule has 3 N–H and O–H groups in total. The fourth-order valence-electron chi connectivity index (χ4n) is 3.78. The van der Waals surface area contributed by atoms with Gasteiger partial charge in [0.25, 0.3) is 0 Å². The normalized spacial score (nSPS) is 12.9. The number of alkyl carbamates (subject to hydrolysis) is 1. The Morgan fingerprint density at radius 3 is 1.95 bits per heavy atom. The van der Waals surface area contributed by atoms with Crippen LogP contribution >= 0.6 is 0 Å². The first-order valence-electron chi connectivity index (χ1n) is 13.6. The molecule has 0 saturated heterocycles. The Morgan fingerprint density at radius 2 is 1.49 bits per heavy atom. The summed E-state index contributed by atoms with van der Waals surface area (Å²) in [4.78, 5) is 63.2. The highest BCUT2D eigenvalue weighted by atomic mass is 16.6. The number of esters is 2. The summed E-state index contributed by atoms with van der Waals surface area (Å²) in [5.74, 6) is -2.43. The number of methoxy groups -OCH3 is 1. The summed E-state index contributed by atoms with van der Waals surface area (Å²) in [7, 11) is 1.17. The molecule has 3 amide bonds. The van der Waals surface area contributed by atoms with Crippen LogP contribution in [-0.2, 0) is 46.2 Å². The minimum absolute atomic E-state index is 0.120. The zero-order chi connectivity index (χ0) is 32.7. The molecule has 0 spiro atoms. The highest BCUT2D eigenvalue weighted by molar-refractivity contribution is 5.93. The van der Waals surface area contributed by atoms with Crippen LogP contribution in [0.25, 0.3) is 0 Å². The van der Waals surface area contributed by atoms with E-state index < -0.39 is 53.6 Å². The molecular weight excluding hydrogens is 558 g/mol. The molecule has 43 heavy (non-hydrogen) atoms. The maximum atomic E-state index is 13.2. The second-order valence-corrected chi connectivity index (χ2v) is 10.5. The molecule has 0 radical (unpaired) electrons. The van der Waals surface area contributed by atoms with E-state index in [-0.39, 0.29) is 13.2 Å². The zero-order valence-electron chi connectivity index (χ0n) is 25.7. The molecular formula is C31H43N3O9. The summed E-state index contributed by atoms with van der Waals surface area (Å²) in [5.41, 5.74) is 0.654. The smallest absolute Gasteiger partial charge is 0.408 e. The van der Waals surface area contributed by atoms with Gasteiger partial charge in [0, 0.05) is 6.92 Å². The number of nitrogens with one attached hydrogen (secondary N) is 3. The van der Waals surface area contributed by atoms with Gasteiger partial charge in [-0.3, -0.25) is 14.4 Å². The van der Waals surface area contributed by atoms with E-state index in [1.165, 1.54) is 27.0 Å². The van der Waals surface area contributed by atoms with E-state index in [2.05, 4.69) is 35.7 Å². The molecule has 1 aromatic carbocycles. The first-order chi connectivity index (χ1) is 20.2. The van der Waals surface area contributed by atoms with E-state index in [4.69, 9.17) is 18.9 Å². The molecule has 1 rings (SSSR count). The van der Waals surface area contributed by atoms with Crippen molar-refractivity contribution in [3.05, 3.63) is 66.8 Å². The standard InChI is InChI=1S/C31H43N3O9/c1-10-13-21-16-23(17-22(14-11-2)26(21)42-20(5)35)25(29(38)40-9)34-27(36)19(4)32-28(37)24(18-41-15-12-3)33-30(39)43-31(6,7)8/h10-12,16-17,19,24-25H,1-3,13-15,18H2,4-9H3,(H,32,37)(H,33,39)(H,34,36)/t19-,24+,25+/m1/s1. The van der Waals surface area contributed by atoms with Crippen molar-refractivity contribution in [3.8, 4) is 5.75 Å². The third kappa shape index (κ3) is 12.5. The average molecular weight is 602 g/mol. The molecule has 12 heteroatoms. The maximum Gasteiger partial charge on any atom is 0.408 e. The number of ether oxygens (including phenoxy) is 4. The van der Waals surface area contributed by atoms with Gasteiger partial charge < -0.3 is 34.9 Å². The van der Waals surface area contributed by atoms with E-state index in [1.807, 2.05) is 0 Å². The number of carbonyl (C=O) groups is 5. The molecule has 0 fully saturated rings. The van der Waals surface area contributed by atoms with Crippen LogP contribution in [0, 0.1) is 0 Å². The van der Waals surface area contributed by atoms with Gasteiger partial charge in [-0.1, -0.05) is 18.2 Å². The molecule has 1 aromatic rings. The summed E-state index contributed by atoms with van der Waals surface area (Å²) >= 11 is 0. The van der Waals surface area contributed by atoms with Crippen LogP contribution in [-0.4, -0.2) is 67.9 Å². The van der Waals surface area contributed by atoms with Crippen LogP contribution < -0.4 is 20.7 Å². The molecule has 12 nitrogen and oxygen atoms in total. The number of hydrogen-bond acceptors (Lipinski definition) is 9. The van der Waals surface area contributed by atoms with Crippen molar-refractivity contribution in [2.45, 2.75) is 71.2 Å². The molecule has 0 aliphatic carbocycles. The van der Waals surface area contributed by atoms with Gasteiger partial charge in [-0.05, 0) is 69.4 Å². The third-order valence-corrected chi connectivity index (χ3v) is 5.58. The van der Waals surface area contributed by atoms with Gasteiger partial charge in [-0.15, -0.1) is 19.7 Å². The van der Waals surface area contributed by atoms with Gasteiger partial charge in [0.15, 0.2) is 6.04 Å². The van der Waals surface area contributed by atoms with Crippen molar-refractivity contribution in [2.24, 2.45) is 0 Å². The summed E-state index contributed by atoms with van der Waals surface area (Å²) in [5, 5.41) is 7.56. The van der Waals surface area contributed by atoms with Crippen LogP contribution in [0.1, 0.15) is 57.4 Å². The molecule has 0 aliphatic rings. The summed E-state index contributed by atoms with van der Waals surface area (Å²) < 4.78 is 21.0. The lowest BCUT2D eigenvalue weighted by molar-refractivity contribution is -0.145. The number of rotatable bonds is 16. The van der Waals surface area contributed by atoms with Gasteiger partial charge >= 0.3 is 18.0 Å². The molecule has 0 saturated carbocycles. The third-order valence-electron chi connectivity index (χ3n) is 5.58. The Kier molecular flexibility index (Phi) is 14.9. The summed E-state index contributed by atoms with van der Waals surface area (Å²) in [6.07, 6.45) is 4.44. The Balaban J connectivity index is 3.27. The minimum Gasteiger partial charge on any atom is -0.467 e. The first-order valence-corrected chi connectivity index (χ1v) is 13.6. The van der Waals surface area contributed by atoms with Crippen LogP contribution in [0.5, 0.6) is 5.75 Å². The van der Waals surface area contributed by atoms with Crippen LogP contribution in [0.4, 0.5) is 4.79 Å². The Hall–Kier alpha value is -4.45. The number of carbonyl (C=O) groups excluding carboxylic acids is 5. The number of amides is 3. The lowest BCUT2D eigenvalue weighted by Crippen LogP contribution is -2.55. The van der Waals surface area contributed by atoms with E-state index in [9.17, 15) is 24.0 Å². The maximum absolute atomic E-state index is 13.2. The number of benzene rings is 1. The fourth-order valence-corrected chi connectivity index (χ4v) is 3.78. The highest BCUT2D eigenvalue weighted by Gasteiger charge is 2.31. The Bertz CT molecular complexity index is 1170. The van der Waals surface area contributed by atoms with E-state index in [1.54, 1.807) is 45.1 Å². The zero-order valence-corrected chi connectivity index (χ0v) is 25.7. The van der Waals surface area contributed by atoms with Crippen molar-refractivity contribution >= 4 is 29.8 Å². The first kappa shape index (κ1) is 36.6. The second kappa shape index (κ2) is 17.5. The average Bonchev–Trinajstić information content (AvgIpc) is 2.91. The monoisotopic (exact) mass is 601 g/mol. The minimum atomic E-state index is -1.28. The lowest BCUT2D eigenvalue weighted by Gasteiger charge is -2.25. The molecule has 0 bridgehead atoms. The van der Waals surface area contributed by atoms with Crippen LogP contribution in [0.2, 0.25) is 0 Å². The SMILES string of the molecule is C=CCOC[C@H](NC(=O)OC(C)(C)C)C(=O)N[C@H](C)C(=O)N[C@H](C(=O)OC)c1cc(CC=C)c(OC(C)=O)c(CC=C)c1. The van der Waals surface area contributed by atoms with Gasteiger partial charge in [0.1, 0.15) is 23.4 Å². The topological polar surface area (TPSA) is 158 Å². The summed E-state index contributed by atoms with van der Waals surface area (Å²) in [6, 6.07) is -0.409. The van der Waals surface area contributed by atoms with Gasteiger partial charge in [-0.2, -0.15) is 0 Å². The predicted octanol–water partition coefficient (Wildman–Crippen LogP) is 3.00. The van der Waals surface area contributed by atoms with Crippen molar-refractivity contribution in [2.75, 3.05) is 20.3 Å². The largest absolute Gasteiger partial charge is 0.467 e. The van der Waals surface area contributed by atoms with Crippen molar-refractivity contribution in [1.29, 1.82) is 0 Å². The molecule has 0 heterocycles. The summed E-state index contributed by atoms with van der Waals surface area (Å²) in [6.45, 7) is 18.6. The van der Waals surface area contributed by atoms with Gasteiger partial charge in [0.05, 0.1) is 20.3 Å².